The van der Waals surface area contributed by atoms with Gasteiger partial charge in [-0.05, 0) is 30.7 Å². The molecule has 120 valence electrons. The van der Waals surface area contributed by atoms with Crippen molar-refractivity contribution < 1.29 is 8.42 Å². The Labute approximate surface area is 139 Å². The number of nitrogens with zero attached hydrogens (tertiary/aromatic N) is 4. The summed E-state index contributed by atoms with van der Waals surface area (Å²) in [6, 6.07) is 8.40. The number of sulfonamides is 1. The summed E-state index contributed by atoms with van der Waals surface area (Å²) in [6.45, 7) is 4.04. The van der Waals surface area contributed by atoms with Crippen LogP contribution in [-0.2, 0) is 10.0 Å². The average molecular weight is 348 g/mol. The molecule has 0 bridgehead atoms. The zero-order chi connectivity index (χ0) is 16.4. The van der Waals surface area contributed by atoms with Crippen molar-refractivity contribution in [2.45, 2.75) is 24.8 Å². The van der Waals surface area contributed by atoms with Gasteiger partial charge in [0.15, 0.2) is 0 Å². The normalized spacial score (nSPS) is 13.5. The minimum Gasteiger partial charge on any atom is -0.264 e. The van der Waals surface area contributed by atoms with E-state index in [0.717, 1.165) is 17.3 Å². The molecule has 0 aliphatic carbocycles. The van der Waals surface area contributed by atoms with Crippen LogP contribution in [0.25, 0.3) is 11.0 Å². The summed E-state index contributed by atoms with van der Waals surface area (Å²) < 4.78 is 36.0. The fourth-order valence-corrected chi connectivity index (χ4v) is 4.94. The third-order valence-electron chi connectivity index (χ3n) is 3.75. The van der Waals surface area contributed by atoms with Crippen LogP contribution in [0.2, 0.25) is 0 Å². The third kappa shape index (κ3) is 2.85. The molecular formula is C15H16N4O2S2. The van der Waals surface area contributed by atoms with Crippen LogP contribution in [0.1, 0.15) is 25.5 Å². The van der Waals surface area contributed by atoms with Gasteiger partial charge in [0, 0.05) is 25.0 Å². The van der Waals surface area contributed by atoms with Gasteiger partial charge in [0.25, 0.3) is 0 Å². The van der Waals surface area contributed by atoms with Gasteiger partial charge in [-0.25, -0.2) is 8.42 Å². The summed E-state index contributed by atoms with van der Waals surface area (Å²) in [4.78, 5) is 4.27. The van der Waals surface area contributed by atoms with Crippen LogP contribution in [0.3, 0.4) is 0 Å². The maximum absolute atomic E-state index is 13.1. The smallest absolute Gasteiger partial charge is 0.245 e. The van der Waals surface area contributed by atoms with Crippen molar-refractivity contribution in [1.29, 1.82) is 0 Å². The number of hydrogen-bond donors (Lipinski definition) is 0. The van der Waals surface area contributed by atoms with E-state index < -0.39 is 10.0 Å². The second-order valence-electron chi connectivity index (χ2n) is 5.06. The van der Waals surface area contributed by atoms with Gasteiger partial charge in [-0.15, -0.1) is 0 Å². The summed E-state index contributed by atoms with van der Waals surface area (Å²) in [5.74, 6) is 0. The predicted octanol–water partition coefficient (Wildman–Crippen LogP) is 2.86. The Morgan fingerprint density at radius 3 is 2.74 bits per heavy atom. The van der Waals surface area contributed by atoms with Gasteiger partial charge >= 0.3 is 0 Å². The molecule has 3 aromatic rings. The van der Waals surface area contributed by atoms with Crippen LogP contribution in [0, 0.1) is 0 Å². The first kappa shape index (κ1) is 16.0. The van der Waals surface area contributed by atoms with E-state index in [2.05, 4.69) is 13.7 Å². The number of benzene rings is 1. The van der Waals surface area contributed by atoms with Crippen LogP contribution >= 0.6 is 11.7 Å². The molecule has 0 fully saturated rings. The van der Waals surface area contributed by atoms with Crippen molar-refractivity contribution in [2.75, 3.05) is 6.54 Å². The van der Waals surface area contributed by atoms with E-state index >= 15 is 0 Å². The Kier molecular flexibility index (Phi) is 4.38. The molecule has 2 aromatic heterocycles. The molecule has 1 atom stereocenters. The molecule has 0 amide bonds. The molecule has 0 N–H and O–H groups in total. The Morgan fingerprint density at radius 1 is 1.22 bits per heavy atom. The minimum atomic E-state index is -3.69. The van der Waals surface area contributed by atoms with E-state index in [1.807, 2.05) is 19.9 Å². The Morgan fingerprint density at radius 2 is 2.04 bits per heavy atom. The second kappa shape index (κ2) is 6.31. The van der Waals surface area contributed by atoms with E-state index in [9.17, 15) is 8.42 Å². The van der Waals surface area contributed by atoms with Crippen molar-refractivity contribution >= 4 is 32.8 Å². The number of hydrogen-bond acceptors (Lipinski definition) is 6. The maximum atomic E-state index is 13.1. The maximum Gasteiger partial charge on any atom is 0.245 e. The molecule has 3 rings (SSSR count). The molecule has 23 heavy (non-hydrogen) atoms. The summed E-state index contributed by atoms with van der Waals surface area (Å²) in [5, 5.41) is 0. The molecule has 0 saturated heterocycles. The van der Waals surface area contributed by atoms with Crippen molar-refractivity contribution in [3.05, 3.63) is 48.3 Å². The Bertz CT molecular complexity index is 909. The first-order chi connectivity index (χ1) is 11.1. The molecule has 0 saturated carbocycles. The largest absolute Gasteiger partial charge is 0.264 e. The first-order valence-electron chi connectivity index (χ1n) is 7.18. The Hall–Kier alpha value is -1.90. The van der Waals surface area contributed by atoms with E-state index in [1.54, 1.807) is 36.7 Å². The summed E-state index contributed by atoms with van der Waals surface area (Å²) in [7, 11) is -3.69. The average Bonchev–Trinajstić information content (AvgIpc) is 3.04. The van der Waals surface area contributed by atoms with Crippen molar-refractivity contribution in [1.82, 2.24) is 18.0 Å². The minimum absolute atomic E-state index is 0.196. The number of rotatable bonds is 5. The lowest BCUT2D eigenvalue weighted by Crippen LogP contribution is -2.33. The lowest BCUT2D eigenvalue weighted by Gasteiger charge is -2.27. The highest BCUT2D eigenvalue weighted by Gasteiger charge is 2.30. The number of pyridine rings is 1. The summed E-state index contributed by atoms with van der Waals surface area (Å²) in [6.07, 6.45) is 3.36. The molecule has 0 aliphatic rings. The van der Waals surface area contributed by atoms with Gasteiger partial charge in [0.2, 0.25) is 10.0 Å². The topological polar surface area (TPSA) is 76.1 Å². The van der Waals surface area contributed by atoms with E-state index in [0.29, 0.717) is 17.6 Å². The quantitative estimate of drug-likeness (QED) is 0.708. The van der Waals surface area contributed by atoms with Crippen molar-refractivity contribution in [3.63, 3.8) is 0 Å². The fraction of sp³-hybridized carbons (Fsp3) is 0.267. The van der Waals surface area contributed by atoms with Gasteiger partial charge < -0.3 is 0 Å². The van der Waals surface area contributed by atoms with E-state index in [4.69, 9.17) is 0 Å². The highest BCUT2D eigenvalue weighted by molar-refractivity contribution is 7.89. The van der Waals surface area contributed by atoms with Gasteiger partial charge in [0.1, 0.15) is 15.9 Å². The monoisotopic (exact) mass is 348 g/mol. The number of fused-ring (bicyclic) bond motifs is 1. The fourth-order valence-electron chi connectivity index (χ4n) is 2.56. The highest BCUT2D eigenvalue weighted by atomic mass is 32.2. The van der Waals surface area contributed by atoms with Crippen LogP contribution in [0.5, 0.6) is 0 Å². The predicted molar refractivity (Wildman–Crippen MR) is 89.6 cm³/mol. The first-order valence-corrected chi connectivity index (χ1v) is 9.35. The zero-order valence-electron chi connectivity index (χ0n) is 12.7. The summed E-state index contributed by atoms with van der Waals surface area (Å²) >= 11 is 1.01. The number of aromatic nitrogens is 3. The molecule has 0 aliphatic heterocycles. The van der Waals surface area contributed by atoms with Gasteiger partial charge in [-0.3, -0.25) is 4.98 Å². The zero-order valence-corrected chi connectivity index (χ0v) is 14.4. The molecule has 1 unspecified atom stereocenters. The van der Waals surface area contributed by atoms with Crippen LogP contribution < -0.4 is 0 Å². The van der Waals surface area contributed by atoms with Crippen LogP contribution in [0.15, 0.2) is 47.6 Å². The van der Waals surface area contributed by atoms with Crippen molar-refractivity contribution in [3.8, 4) is 0 Å². The molecule has 6 nitrogen and oxygen atoms in total. The SMILES string of the molecule is CCN(C(C)c1cccnc1)S(=O)(=O)c1cccc2nsnc12. The molecule has 2 heterocycles. The van der Waals surface area contributed by atoms with Gasteiger partial charge in [0.05, 0.1) is 11.7 Å². The molecule has 0 spiro atoms. The van der Waals surface area contributed by atoms with Crippen molar-refractivity contribution in [2.24, 2.45) is 0 Å². The van der Waals surface area contributed by atoms with E-state index in [1.165, 1.54) is 4.31 Å². The Balaban J connectivity index is 2.08. The molecule has 0 radical (unpaired) electrons. The third-order valence-corrected chi connectivity index (χ3v) is 6.37. The molecule has 8 heteroatoms. The van der Waals surface area contributed by atoms with E-state index in [-0.39, 0.29) is 10.9 Å². The highest BCUT2D eigenvalue weighted by Crippen LogP contribution is 2.30. The lowest BCUT2D eigenvalue weighted by atomic mass is 10.1. The van der Waals surface area contributed by atoms with Crippen LogP contribution in [-0.4, -0.2) is 33.0 Å². The van der Waals surface area contributed by atoms with Gasteiger partial charge in [-0.1, -0.05) is 19.1 Å². The summed E-state index contributed by atoms with van der Waals surface area (Å²) in [5.41, 5.74) is 1.87. The standard InChI is InChI=1S/C15H16N4O2S2/c1-3-19(11(2)12-6-5-9-16-10-12)23(20,21)14-8-4-7-13-15(14)18-22-17-13/h4-11H,3H2,1-2H3. The van der Waals surface area contributed by atoms with Crippen LogP contribution in [0.4, 0.5) is 0 Å². The molecule has 1 aromatic carbocycles. The lowest BCUT2D eigenvalue weighted by molar-refractivity contribution is 0.357. The second-order valence-corrected chi connectivity index (χ2v) is 7.45. The van der Waals surface area contributed by atoms with Gasteiger partial charge in [-0.2, -0.15) is 13.1 Å². The molecular weight excluding hydrogens is 332 g/mol.